The fraction of sp³-hybridized carbons (Fsp3) is 0.125. The highest BCUT2D eigenvalue weighted by molar-refractivity contribution is 5.18. The number of rotatable bonds is 2. The first-order valence-corrected chi connectivity index (χ1v) is 3.24. The molecule has 0 saturated heterocycles. The molecule has 1 atom stereocenters. The fourth-order valence-electron chi connectivity index (χ4n) is 0.774. The summed E-state index contributed by atoms with van der Waals surface area (Å²) in [4.78, 5) is 3.45. The third kappa shape index (κ3) is 1.62. The van der Waals surface area contributed by atoms with Crippen LogP contribution in [0.15, 0.2) is 31.0 Å². The zero-order valence-corrected chi connectivity index (χ0v) is 6.00. The molecule has 2 nitrogen and oxygen atoms in total. The third-order valence-corrected chi connectivity index (χ3v) is 1.40. The summed E-state index contributed by atoms with van der Waals surface area (Å²) in [6.45, 7) is 3.46. The summed E-state index contributed by atoms with van der Waals surface area (Å²) >= 11 is 0. The molecule has 0 bridgehead atoms. The van der Waals surface area contributed by atoms with Gasteiger partial charge in [0.1, 0.15) is 0 Å². The minimum absolute atomic E-state index is 0.377. The molecule has 0 aliphatic carbocycles. The van der Waals surface area contributed by atoms with E-state index in [1.165, 1.54) is 12.3 Å². The van der Waals surface area contributed by atoms with Crippen molar-refractivity contribution in [1.82, 2.24) is 4.98 Å². The molecule has 0 aliphatic heterocycles. The summed E-state index contributed by atoms with van der Waals surface area (Å²) in [5.41, 5.74) is 5.87. The van der Waals surface area contributed by atoms with E-state index in [2.05, 4.69) is 11.6 Å². The van der Waals surface area contributed by atoms with Gasteiger partial charge in [-0.05, 0) is 6.07 Å². The molecule has 0 radical (unpaired) electrons. The third-order valence-electron chi connectivity index (χ3n) is 1.40. The molecule has 1 unspecified atom stereocenters. The number of hydrogen-bond donors (Lipinski definition) is 1. The molecule has 58 valence electrons. The van der Waals surface area contributed by atoms with E-state index in [1.807, 2.05) is 0 Å². The van der Waals surface area contributed by atoms with Crippen LogP contribution in [0.25, 0.3) is 0 Å². The Balaban J connectivity index is 3.02. The van der Waals surface area contributed by atoms with Crippen LogP contribution in [0.1, 0.15) is 11.6 Å². The maximum atomic E-state index is 12.8. The zero-order chi connectivity index (χ0) is 8.27. The van der Waals surface area contributed by atoms with Gasteiger partial charge in [-0.1, -0.05) is 12.1 Å². The van der Waals surface area contributed by atoms with Crippen molar-refractivity contribution in [2.45, 2.75) is 6.04 Å². The quantitative estimate of drug-likeness (QED) is 0.514. The summed E-state index contributed by atoms with van der Waals surface area (Å²) < 4.78 is 12.8. The van der Waals surface area contributed by atoms with Gasteiger partial charge in [-0.25, -0.2) is 4.98 Å². The Kier molecular flexibility index (Phi) is 2.33. The number of pyridine rings is 1. The van der Waals surface area contributed by atoms with Crippen LogP contribution < -0.4 is 5.73 Å². The molecule has 0 spiro atoms. The van der Waals surface area contributed by atoms with Crippen LogP contribution in [0.2, 0.25) is 0 Å². The molecular weight excluding hydrogens is 143 g/mol. The number of aromatic nitrogens is 1. The van der Waals surface area contributed by atoms with E-state index in [1.54, 1.807) is 12.1 Å². The lowest BCUT2D eigenvalue weighted by atomic mass is 10.1. The molecule has 1 aromatic heterocycles. The second-order valence-electron chi connectivity index (χ2n) is 2.14. The van der Waals surface area contributed by atoms with Gasteiger partial charge in [0.05, 0.1) is 6.04 Å². The van der Waals surface area contributed by atoms with Crippen molar-refractivity contribution in [3.05, 3.63) is 42.5 Å². The van der Waals surface area contributed by atoms with E-state index in [-0.39, 0.29) is 0 Å². The smallest absolute Gasteiger partial charge is 0.217 e. The molecule has 0 saturated carbocycles. The van der Waals surface area contributed by atoms with Gasteiger partial charge in [-0.3, -0.25) is 0 Å². The van der Waals surface area contributed by atoms with Gasteiger partial charge in [0.25, 0.3) is 0 Å². The first-order valence-electron chi connectivity index (χ1n) is 3.24. The predicted octanol–water partition coefficient (Wildman–Crippen LogP) is 1.41. The second-order valence-corrected chi connectivity index (χ2v) is 2.14. The van der Waals surface area contributed by atoms with Crippen molar-refractivity contribution in [3.63, 3.8) is 0 Å². The Morgan fingerprint density at radius 2 is 2.45 bits per heavy atom. The predicted molar refractivity (Wildman–Crippen MR) is 41.3 cm³/mol. The first-order chi connectivity index (χ1) is 5.25. The molecule has 0 aliphatic rings. The zero-order valence-electron chi connectivity index (χ0n) is 6.00. The van der Waals surface area contributed by atoms with Gasteiger partial charge in [0.2, 0.25) is 5.95 Å². The Hall–Kier alpha value is -1.22. The number of nitrogens with two attached hydrogens (primary N) is 1. The highest BCUT2D eigenvalue weighted by Crippen LogP contribution is 2.12. The fourth-order valence-corrected chi connectivity index (χ4v) is 0.774. The average molecular weight is 152 g/mol. The molecule has 2 N–H and O–H groups in total. The molecule has 0 amide bonds. The molecule has 1 heterocycles. The van der Waals surface area contributed by atoms with E-state index in [0.29, 0.717) is 5.56 Å². The van der Waals surface area contributed by atoms with E-state index in [9.17, 15) is 4.39 Å². The second kappa shape index (κ2) is 3.25. The largest absolute Gasteiger partial charge is 0.321 e. The highest BCUT2D eigenvalue weighted by atomic mass is 19.1. The SMILES string of the molecule is C=CC(N)c1cccnc1F. The highest BCUT2D eigenvalue weighted by Gasteiger charge is 2.06. The normalized spacial score (nSPS) is 12.5. The van der Waals surface area contributed by atoms with Gasteiger partial charge >= 0.3 is 0 Å². The van der Waals surface area contributed by atoms with E-state index in [0.717, 1.165) is 0 Å². The maximum Gasteiger partial charge on any atom is 0.217 e. The van der Waals surface area contributed by atoms with E-state index >= 15 is 0 Å². The lowest BCUT2D eigenvalue weighted by Crippen LogP contribution is -2.09. The van der Waals surface area contributed by atoms with Crippen LogP contribution in [0.5, 0.6) is 0 Å². The summed E-state index contributed by atoms with van der Waals surface area (Å²) in [7, 11) is 0. The summed E-state index contributed by atoms with van der Waals surface area (Å²) in [5.74, 6) is -0.528. The van der Waals surface area contributed by atoms with Crippen LogP contribution in [0.3, 0.4) is 0 Å². The van der Waals surface area contributed by atoms with Crippen molar-refractivity contribution >= 4 is 0 Å². The average Bonchev–Trinajstić information content (AvgIpc) is 2.04. The lowest BCUT2D eigenvalue weighted by molar-refractivity contribution is 0.560. The van der Waals surface area contributed by atoms with Gasteiger partial charge in [0, 0.05) is 11.8 Å². The maximum absolute atomic E-state index is 12.8. The van der Waals surface area contributed by atoms with Crippen molar-refractivity contribution in [2.24, 2.45) is 5.73 Å². The topological polar surface area (TPSA) is 38.9 Å². The summed E-state index contributed by atoms with van der Waals surface area (Å²) in [6.07, 6.45) is 2.86. The minimum Gasteiger partial charge on any atom is -0.321 e. The van der Waals surface area contributed by atoms with Crippen molar-refractivity contribution < 1.29 is 4.39 Å². The molecule has 11 heavy (non-hydrogen) atoms. The molecular formula is C8H9FN2. The molecule has 1 aromatic rings. The summed E-state index contributed by atoms with van der Waals surface area (Å²) in [6, 6.07) is 2.76. The molecule has 1 rings (SSSR count). The number of halogens is 1. The van der Waals surface area contributed by atoms with Crippen LogP contribution in [0, 0.1) is 5.95 Å². The summed E-state index contributed by atoms with van der Waals surface area (Å²) in [5, 5.41) is 0. The molecule has 3 heteroatoms. The van der Waals surface area contributed by atoms with Crippen LogP contribution in [-0.2, 0) is 0 Å². The van der Waals surface area contributed by atoms with Gasteiger partial charge in [-0.2, -0.15) is 4.39 Å². The van der Waals surface area contributed by atoms with Gasteiger partial charge in [0.15, 0.2) is 0 Å². The Labute approximate surface area is 64.6 Å². The number of hydrogen-bond acceptors (Lipinski definition) is 2. The standard InChI is InChI=1S/C8H9FN2/c1-2-7(10)6-4-3-5-11-8(6)9/h2-5,7H,1,10H2. The number of nitrogens with zero attached hydrogens (tertiary/aromatic N) is 1. The Morgan fingerprint density at radius 1 is 1.73 bits per heavy atom. The van der Waals surface area contributed by atoms with E-state index in [4.69, 9.17) is 5.73 Å². The monoisotopic (exact) mass is 152 g/mol. The minimum atomic E-state index is -0.528. The Bertz CT molecular complexity index is 260. The van der Waals surface area contributed by atoms with Crippen LogP contribution in [0.4, 0.5) is 4.39 Å². The van der Waals surface area contributed by atoms with Crippen LogP contribution in [-0.4, -0.2) is 4.98 Å². The Morgan fingerprint density at radius 3 is 3.00 bits per heavy atom. The molecule has 0 fully saturated rings. The van der Waals surface area contributed by atoms with Crippen LogP contribution >= 0.6 is 0 Å². The van der Waals surface area contributed by atoms with Crippen molar-refractivity contribution in [3.8, 4) is 0 Å². The first kappa shape index (κ1) is 7.88. The lowest BCUT2D eigenvalue weighted by Gasteiger charge is -2.05. The van der Waals surface area contributed by atoms with Crippen molar-refractivity contribution in [1.29, 1.82) is 0 Å². The van der Waals surface area contributed by atoms with Crippen molar-refractivity contribution in [2.75, 3.05) is 0 Å². The van der Waals surface area contributed by atoms with Gasteiger partial charge in [-0.15, -0.1) is 6.58 Å². The molecule has 0 aromatic carbocycles. The van der Waals surface area contributed by atoms with E-state index < -0.39 is 12.0 Å². The van der Waals surface area contributed by atoms with Gasteiger partial charge < -0.3 is 5.73 Å².